The Hall–Kier alpha value is -3.12. The highest BCUT2D eigenvalue weighted by atomic mass is 14.1. The van der Waals surface area contributed by atoms with Crippen molar-refractivity contribution < 1.29 is 0 Å². The number of hydrogen-bond acceptors (Lipinski definition) is 0. The van der Waals surface area contributed by atoms with E-state index in [-0.39, 0.29) is 0 Å². The summed E-state index contributed by atoms with van der Waals surface area (Å²) < 4.78 is 0. The highest BCUT2D eigenvalue weighted by Gasteiger charge is 2.07. The van der Waals surface area contributed by atoms with Crippen LogP contribution in [0.15, 0.2) is 36.4 Å². The van der Waals surface area contributed by atoms with Gasteiger partial charge in [0.15, 0.2) is 0 Å². The summed E-state index contributed by atoms with van der Waals surface area (Å²) in [6, 6.07) is 13.8. The second-order valence-corrected chi connectivity index (χ2v) is 8.70. The fourth-order valence-electron chi connectivity index (χ4n) is 3.99. The first kappa shape index (κ1) is 20.2. The molecule has 0 nitrogen and oxygen atoms in total. The van der Waals surface area contributed by atoms with Gasteiger partial charge in [-0.15, -0.1) is 0 Å². The van der Waals surface area contributed by atoms with E-state index in [2.05, 4.69) is 114 Å². The molecular weight excluding hydrogens is 360 g/mol. The molecule has 0 heteroatoms. The molecule has 4 rings (SSSR count). The first-order valence-corrected chi connectivity index (χ1v) is 10.7. The normalized spacial score (nSPS) is 15.8. The van der Waals surface area contributed by atoms with Gasteiger partial charge in [0.1, 0.15) is 0 Å². The topological polar surface area (TPSA) is 0 Å². The molecule has 3 aromatic rings. The smallest absolute Gasteiger partial charge is 0.0181 e. The van der Waals surface area contributed by atoms with E-state index in [0.29, 0.717) is 0 Å². The van der Waals surface area contributed by atoms with Crippen LogP contribution >= 0.6 is 0 Å². The van der Waals surface area contributed by atoms with Crippen LogP contribution in [0.2, 0.25) is 0 Å². The van der Waals surface area contributed by atoms with Gasteiger partial charge in [0.05, 0.1) is 0 Å². The van der Waals surface area contributed by atoms with Crippen LogP contribution < -0.4 is 0 Å². The lowest BCUT2D eigenvalue weighted by Gasteiger charge is -2.12. The fraction of sp³-hybridized carbons (Fsp3) is 0.200. The molecule has 0 aliphatic heterocycles. The Balaban J connectivity index is 2.01. The largest absolute Gasteiger partial charge is 0.0538 e. The van der Waals surface area contributed by atoms with Gasteiger partial charge >= 0.3 is 0 Å². The van der Waals surface area contributed by atoms with E-state index in [1.165, 1.54) is 66.8 Å². The maximum Gasteiger partial charge on any atom is -0.0181 e. The zero-order valence-corrected chi connectivity index (χ0v) is 18.9. The molecular formula is C30H30. The van der Waals surface area contributed by atoms with Crippen molar-refractivity contribution in [1.82, 2.24) is 0 Å². The van der Waals surface area contributed by atoms with E-state index in [0.717, 1.165) is 0 Å². The van der Waals surface area contributed by atoms with E-state index in [1.54, 1.807) is 0 Å². The summed E-state index contributed by atoms with van der Waals surface area (Å²) in [5.41, 5.74) is 15.5. The van der Waals surface area contributed by atoms with Gasteiger partial charge in [-0.3, -0.25) is 0 Å². The molecule has 0 unspecified atom stereocenters. The molecule has 0 aromatic heterocycles. The first-order valence-electron chi connectivity index (χ1n) is 10.7. The van der Waals surface area contributed by atoms with Crippen LogP contribution in [0, 0.1) is 41.5 Å². The number of fused-ring (bicyclic) bond motifs is 3. The van der Waals surface area contributed by atoms with E-state index in [9.17, 15) is 0 Å². The van der Waals surface area contributed by atoms with Crippen molar-refractivity contribution in [3.8, 4) is 0 Å². The monoisotopic (exact) mass is 390 g/mol. The van der Waals surface area contributed by atoms with Gasteiger partial charge in [-0.05, 0) is 108 Å². The van der Waals surface area contributed by atoms with Crippen LogP contribution in [0.3, 0.4) is 0 Å². The van der Waals surface area contributed by atoms with Gasteiger partial charge in [0.2, 0.25) is 0 Å². The lowest BCUT2D eigenvalue weighted by atomic mass is 9.93. The maximum absolute atomic E-state index is 2.30. The Bertz CT molecular complexity index is 981. The van der Waals surface area contributed by atoms with Gasteiger partial charge < -0.3 is 0 Å². The van der Waals surface area contributed by atoms with Crippen LogP contribution in [0.25, 0.3) is 36.5 Å². The van der Waals surface area contributed by atoms with Crippen molar-refractivity contribution >= 4 is 36.5 Å². The third-order valence-electron chi connectivity index (χ3n) is 6.43. The summed E-state index contributed by atoms with van der Waals surface area (Å²) in [7, 11) is 0. The van der Waals surface area contributed by atoms with E-state index < -0.39 is 0 Å². The summed E-state index contributed by atoms with van der Waals surface area (Å²) in [5, 5.41) is 0. The van der Waals surface area contributed by atoms with Crippen molar-refractivity contribution in [3.05, 3.63) is 103 Å². The molecule has 0 radical (unpaired) electrons. The number of rotatable bonds is 0. The van der Waals surface area contributed by atoms with Crippen LogP contribution in [-0.4, -0.2) is 0 Å². The molecule has 0 saturated heterocycles. The average molecular weight is 391 g/mol. The molecule has 0 spiro atoms. The first-order chi connectivity index (χ1) is 14.3. The standard InChI is InChI=1S/C30H30/c1-19-13-25-7-8-27-15-21(3)23(5)17-29(27)11-12-30-18-24(6)22(4)16-28(30)10-9-26(25)14-20(19)2/h7-18H,1-6H3/b8-7-,10-9-,12-11-,25-7?,26-9?,27-8?,28-10?,29-11?,30-12?. The number of benzene rings is 3. The van der Waals surface area contributed by atoms with Crippen LogP contribution in [0.5, 0.6) is 0 Å². The number of hydrogen-bond donors (Lipinski definition) is 0. The third-order valence-corrected chi connectivity index (χ3v) is 6.43. The van der Waals surface area contributed by atoms with Crippen molar-refractivity contribution in [1.29, 1.82) is 0 Å². The predicted molar refractivity (Wildman–Crippen MR) is 135 cm³/mol. The Labute approximate surface area is 181 Å². The molecule has 0 bridgehead atoms. The molecule has 1 aliphatic rings. The third kappa shape index (κ3) is 3.96. The summed E-state index contributed by atoms with van der Waals surface area (Å²) in [5.74, 6) is 0. The minimum atomic E-state index is 1.26. The molecule has 0 saturated carbocycles. The van der Waals surface area contributed by atoms with Crippen LogP contribution in [0.4, 0.5) is 0 Å². The highest BCUT2D eigenvalue weighted by molar-refractivity contribution is 5.87. The minimum Gasteiger partial charge on any atom is -0.0538 e. The van der Waals surface area contributed by atoms with Crippen molar-refractivity contribution in [2.24, 2.45) is 0 Å². The Morgan fingerprint density at radius 2 is 0.400 bits per heavy atom. The molecule has 0 heterocycles. The number of aryl methyl sites for hydroxylation is 6. The molecule has 1 aliphatic carbocycles. The zero-order valence-electron chi connectivity index (χ0n) is 18.9. The lowest BCUT2D eigenvalue weighted by Crippen LogP contribution is -1.92. The van der Waals surface area contributed by atoms with E-state index in [4.69, 9.17) is 0 Å². The second kappa shape index (κ2) is 7.95. The molecule has 0 amide bonds. The minimum absolute atomic E-state index is 1.26. The van der Waals surface area contributed by atoms with Gasteiger partial charge in [-0.1, -0.05) is 72.9 Å². The Kier molecular flexibility index (Phi) is 5.35. The van der Waals surface area contributed by atoms with E-state index >= 15 is 0 Å². The van der Waals surface area contributed by atoms with Crippen LogP contribution in [0.1, 0.15) is 66.8 Å². The van der Waals surface area contributed by atoms with Gasteiger partial charge in [-0.2, -0.15) is 0 Å². The quantitative estimate of drug-likeness (QED) is 0.283. The summed E-state index contributed by atoms with van der Waals surface area (Å²) in [6.07, 6.45) is 13.6. The molecule has 0 N–H and O–H groups in total. The summed E-state index contributed by atoms with van der Waals surface area (Å²) in [6.45, 7) is 13.1. The summed E-state index contributed by atoms with van der Waals surface area (Å²) >= 11 is 0. The van der Waals surface area contributed by atoms with Gasteiger partial charge in [0, 0.05) is 0 Å². The molecule has 0 atom stereocenters. The molecule has 150 valence electrons. The highest BCUT2D eigenvalue weighted by Crippen LogP contribution is 2.27. The molecule has 3 aromatic carbocycles. The molecule has 30 heavy (non-hydrogen) atoms. The zero-order chi connectivity index (χ0) is 21.4. The SMILES string of the molecule is Cc1cc2c(cc1C)/C=C\c1cc(C)c(C)cc1/C=C\c1cc(C)c(C)cc1/C=C\2. The van der Waals surface area contributed by atoms with Gasteiger partial charge in [0.25, 0.3) is 0 Å². The summed E-state index contributed by atoms with van der Waals surface area (Å²) in [4.78, 5) is 0. The van der Waals surface area contributed by atoms with Crippen molar-refractivity contribution in [2.75, 3.05) is 0 Å². The fourth-order valence-corrected chi connectivity index (χ4v) is 3.99. The second-order valence-electron chi connectivity index (χ2n) is 8.70. The van der Waals surface area contributed by atoms with E-state index in [1.807, 2.05) is 0 Å². The molecule has 0 fully saturated rings. The average Bonchev–Trinajstić information content (AvgIpc) is 2.70. The van der Waals surface area contributed by atoms with Crippen molar-refractivity contribution in [2.45, 2.75) is 41.5 Å². The van der Waals surface area contributed by atoms with Crippen LogP contribution in [-0.2, 0) is 0 Å². The Morgan fingerprint density at radius 3 is 0.533 bits per heavy atom. The predicted octanol–water partition coefficient (Wildman–Crippen LogP) is 8.36. The lowest BCUT2D eigenvalue weighted by molar-refractivity contribution is 1.32. The van der Waals surface area contributed by atoms with Gasteiger partial charge in [-0.25, -0.2) is 0 Å². The van der Waals surface area contributed by atoms with Crippen molar-refractivity contribution in [3.63, 3.8) is 0 Å². The Morgan fingerprint density at radius 1 is 0.267 bits per heavy atom. The maximum atomic E-state index is 2.30.